The molecule has 0 amide bonds. The first-order chi connectivity index (χ1) is 10.4. The van der Waals surface area contributed by atoms with Gasteiger partial charge in [-0.1, -0.05) is 32.1 Å². The zero-order chi connectivity index (χ0) is 15.7. The van der Waals surface area contributed by atoms with Crippen molar-refractivity contribution in [3.63, 3.8) is 0 Å². The number of allylic oxidation sites excluding steroid dienone is 5. The van der Waals surface area contributed by atoms with Gasteiger partial charge < -0.3 is 0 Å². The molecule has 5 atom stereocenters. The summed E-state index contributed by atoms with van der Waals surface area (Å²) in [7, 11) is 0. The quantitative estimate of drug-likeness (QED) is 0.676. The summed E-state index contributed by atoms with van der Waals surface area (Å²) in [6.07, 6.45) is 10.5. The summed E-state index contributed by atoms with van der Waals surface area (Å²) in [5, 5.41) is 0. The van der Waals surface area contributed by atoms with E-state index in [1.54, 1.807) is 12.2 Å². The van der Waals surface area contributed by atoms with Gasteiger partial charge in [0, 0.05) is 17.3 Å². The van der Waals surface area contributed by atoms with Gasteiger partial charge in [-0.25, -0.2) is 0 Å². The minimum Gasteiger partial charge on any atom is -0.299 e. The number of Topliss-reactive ketones (excluding diaryl/α,β-unsaturated/α-hetero) is 1. The molecule has 0 heterocycles. The van der Waals surface area contributed by atoms with E-state index < -0.39 is 0 Å². The number of hydrogen-bond acceptors (Lipinski definition) is 2. The van der Waals surface area contributed by atoms with Crippen LogP contribution < -0.4 is 0 Å². The van der Waals surface area contributed by atoms with Gasteiger partial charge in [0.2, 0.25) is 0 Å². The molecule has 2 heteroatoms. The maximum Gasteiger partial charge on any atom is 0.178 e. The van der Waals surface area contributed by atoms with Crippen LogP contribution in [0.3, 0.4) is 0 Å². The Kier molecular flexibility index (Phi) is 2.77. The fourth-order valence-electron chi connectivity index (χ4n) is 5.98. The van der Waals surface area contributed by atoms with Crippen LogP contribution in [0.15, 0.2) is 36.0 Å². The van der Waals surface area contributed by atoms with Crippen molar-refractivity contribution in [3.8, 4) is 0 Å². The molecule has 0 N–H and O–H groups in total. The number of rotatable bonds is 0. The summed E-state index contributed by atoms with van der Waals surface area (Å²) in [6.45, 7) is 8.75. The molecule has 0 spiro atoms. The van der Waals surface area contributed by atoms with Gasteiger partial charge in [-0.05, 0) is 61.2 Å². The predicted molar refractivity (Wildman–Crippen MR) is 86.1 cm³/mol. The molecule has 2 nitrogen and oxygen atoms in total. The van der Waals surface area contributed by atoms with Crippen LogP contribution >= 0.6 is 0 Å². The lowest BCUT2D eigenvalue weighted by Gasteiger charge is -2.56. The molecule has 116 valence electrons. The molecular weight excluding hydrogens is 272 g/mol. The molecule has 22 heavy (non-hydrogen) atoms. The lowest BCUT2D eigenvalue weighted by Crippen LogP contribution is -2.50. The van der Waals surface area contributed by atoms with Crippen LogP contribution in [-0.2, 0) is 9.59 Å². The SMILES string of the molecule is C=C1C[C@H]2[C@@H](CC[C@]3(C)C(=O)CC[C@@H]23)[C@@]2(C)C=CC(=O)C=C12. The minimum atomic E-state index is -0.104. The Morgan fingerprint density at radius 2 is 1.95 bits per heavy atom. The zero-order valence-corrected chi connectivity index (χ0v) is 13.5. The van der Waals surface area contributed by atoms with Crippen molar-refractivity contribution < 1.29 is 9.59 Å². The second-order valence-electron chi connectivity index (χ2n) is 8.18. The van der Waals surface area contributed by atoms with Gasteiger partial charge in [0.1, 0.15) is 5.78 Å². The molecule has 3 saturated carbocycles. The predicted octanol–water partition coefficient (Wildman–Crippen LogP) is 4.03. The maximum absolute atomic E-state index is 12.4. The van der Waals surface area contributed by atoms with E-state index in [1.807, 2.05) is 0 Å². The third-order valence-corrected chi connectivity index (χ3v) is 7.24. The number of fused-ring (bicyclic) bond motifs is 5. The topological polar surface area (TPSA) is 34.1 Å². The Balaban J connectivity index is 1.78. The molecule has 4 aliphatic carbocycles. The van der Waals surface area contributed by atoms with Crippen molar-refractivity contribution in [1.29, 1.82) is 0 Å². The smallest absolute Gasteiger partial charge is 0.178 e. The average Bonchev–Trinajstić information content (AvgIpc) is 2.77. The van der Waals surface area contributed by atoms with Gasteiger partial charge in [-0.15, -0.1) is 0 Å². The highest BCUT2D eigenvalue weighted by Crippen LogP contribution is 2.64. The molecule has 0 unspecified atom stereocenters. The maximum atomic E-state index is 12.4. The molecule has 0 aliphatic heterocycles. The van der Waals surface area contributed by atoms with E-state index in [0.717, 1.165) is 43.3 Å². The monoisotopic (exact) mass is 296 g/mol. The van der Waals surface area contributed by atoms with E-state index in [-0.39, 0.29) is 16.6 Å². The van der Waals surface area contributed by atoms with Crippen molar-refractivity contribution in [2.24, 2.45) is 28.6 Å². The molecule has 0 aromatic carbocycles. The van der Waals surface area contributed by atoms with Gasteiger partial charge >= 0.3 is 0 Å². The van der Waals surface area contributed by atoms with E-state index in [2.05, 4.69) is 26.5 Å². The summed E-state index contributed by atoms with van der Waals surface area (Å²) in [5.74, 6) is 2.14. The normalized spacial score (nSPS) is 46.9. The molecule has 0 saturated heterocycles. The lowest BCUT2D eigenvalue weighted by atomic mass is 9.48. The van der Waals surface area contributed by atoms with Gasteiger partial charge in [0.25, 0.3) is 0 Å². The summed E-state index contributed by atoms with van der Waals surface area (Å²) in [5.41, 5.74) is 2.09. The second-order valence-corrected chi connectivity index (χ2v) is 8.18. The number of carbonyl (C=O) groups is 2. The molecular formula is C20H24O2. The van der Waals surface area contributed by atoms with E-state index in [9.17, 15) is 9.59 Å². The highest BCUT2D eigenvalue weighted by atomic mass is 16.1. The van der Waals surface area contributed by atoms with E-state index in [0.29, 0.717) is 23.5 Å². The van der Waals surface area contributed by atoms with Gasteiger partial charge in [0.15, 0.2) is 5.78 Å². The van der Waals surface area contributed by atoms with Crippen LogP contribution in [0, 0.1) is 28.6 Å². The highest BCUT2D eigenvalue weighted by Gasteiger charge is 2.59. The summed E-state index contributed by atoms with van der Waals surface area (Å²) >= 11 is 0. The van der Waals surface area contributed by atoms with Crippen molar-refractivity contribution in [3.05, 3.63) is 36.0 Å². The molecule has 0 bridgehead atoms. The van der Waals surface area contributed by atoms with Gasteiger partial charge in [0.05, 0.1) is 0 Å². The van der Waals surface area contributed by atoms with Crippen LogP contribution in [0.4, 0.5) is 0 Å². The lowest BCUT2D eigenvalue weighted by molar-refractivity contribution is -0.131. The highest BCUT2D eigenvalue weighted by molar-refractivity contribution is 6.02. The first kappa shape index (κ1) is 14.2. The van der Waals surface area contributed by atoms with Crippen LogP contribution in [0.5, 0.6) is 0 Å². The minimum absolute atomic E-state index is 0.0686. The largest absolute Gasteiger partial charge is 0.299 e. The first-order valence-electron chi connectivity index (χ1n) is 8.53. The van der Waals surface area contributed by atoms with E-state index >= 15 is 0 Å². The summed E-state index contributed by atoms with van der Waals surface area (Å²) in [6, 6.07) is 0. The third kappa shape index (κ3) is 1.61. The van der Waals surface area contributed by atoms with Gasteiger partial charge in [-0.3, -0.25) is 9.59 Å². The molecule has 0 aromatic rings. The molecule has 0 radical (unpaired) electrons. The standard InChI is InChI=1S/C20H24O2/c1-12-10-14-15-4-5-18(22)20(15,3)9-7-16(14)19(2)8-6-13(21)11-17(12)19/h6,8,11,14-16H,1,4-5,7,9-10H2,2-3H3/t14-,15+,16-,19-,20+/m1/s1. The van der Waals surface area contributed by atoms with Crippen LogP contribution in [0.25, 0.3) is 0 Å². The number of hydrogen-bond donors (Lipinski definition) is 0. The molecule has 0 aromatic heterocycles. The molecule has 4 rings (SSSR count). The Hall–Kier alpha value is -1.44. The zero-order valence-electron chi connectivity index (χ0n) is 13.5. The number of carbonyl (C=O) groups excluding carboxylic acids is 2. The Morgan fingerprint density at radius 1 is 1.18 bits per heavy atom. The summed E-state index contributed by atoms with van der Waals surface area (Å²) in [4.78, 5) is 24.2. The first-order valence-corrected chi connectivity index (χ1v) is 8.53. The van der Waals surface area contributed by atoms with Crippen molar-refractivity contribution >= 4 is 11.6 Å². The van der Waals surface area contributed by atoms with Crippen molar-refractivity contribution in [2.75, 3.05) is 0 Å². The summed E-state index contributed by atoms with van der Waals surface area (Å²) < 4.78 is 0. The Morgan fingerprint density at radius 3 is 2.73 bits per heavy atom. The van der Waals surface area contributed by atoms with Crippen LogP contribution in [0.2, 0.25) is 0 Å². The average molecular weight is 296 g/mol. The van der Waals surface area contributed by atoms with Crippen molar-refractivity contribution in [2.45, 2.75) is 46.0 Å². The third-order valence-electron chi connectivity index (χ3n) is 7.24. The second kappa shape index (κ2) is 4.31. The van der Waals surface area contributed by atoms with Crippen LogP contribution in [0.1, 0.15) is 46.0 Å². The van der Waals surface area contributed by atoms with Crippen molar-refractivity contribution in [1.82, 2.24) is 0 Å². The Bertz CT molecular complexity index is 653. The Labute approximate surface area is 132 Å². The molecule has 4 aliphatic rings. The fraction of sp³-hybridized carbons (Fsp3) is 0.600. The van der Waals surface area contributed by atoms with E-state index in [1.165, 1.54) is 0 Å². The fourth-order valence-corrected chi connectivity index (χ4v) is 5.98. The van der Waals surface area contributed by atoms with Crippen LogP contribution in [-0.4, -0.2) is 11.6 Å². The van der Waals surface area contributed by atoms with E-state index in [4.69, 9.17) is 0 Å². The number of ketones is 2. The molecule has 3 fully saturated rings. The van der Waals surface area contributed by atoms with Gasteiger partial charge in [-0.2, -0.15) is 0 Å².